The van der Waals surface area contributed by atoms with Crippen LogP contribution in [-0.2, 0) is 6.54 Å². The lowest BCUT2D eigenvalue weighted by molar-refractivity contribution is 0.0633. The van der Waals surface area contributed by atoms with Crippen molar-refractivity contribution in [1.82, 2.24) is 9.13 Å². The van der Waals surface area contributed by atoms with Crippen molar-refractivity contribution in [2.75, 3.05) is 13.2 Å². The summed E-state index contributed by atoms with van der Waals surface area (Å²) in [6.07, 6.45) is 3.03. The Morgan fingerprint density at radius 1 is 1.29 bits per heavy atom. The van der Waals surface area contributed by atoms with Crippen molar-refractivity contribution < 1.29 is 9.53 Å². The molecule has 1 aromatic carbocycles. The number of nitrogens with zero attached hydrogens (tertiary/aromatic N) is 2. The molecule has 1 fully saturated rings. The number of carbonyl (C=O) groups excluding carboxylic acids is 1. The molecule has 2 N–H and O–H groups in total. The molecule has 28 heavy (non-hydrogen) atoms. The van der Waals surface area contributed by atoms with Crippen LogP contribution in [0.1, 0.15) is 51.8 Å². The van der Waals surface area contributed by atoms with Crippen molar-refractivity contribution in [3.8, 4) is 5.75 Å². The second-order valence-corrected chi connectivity index (χ2v) is 8.41. The third kappa shape index (κ3) is 3.75. The van der Waals surface area contributed by atoms with Gasteiger partial charge in [0.2, 0.25) is 5.91 Å². The summed E-state index contributed by atoms with van der Waals surface area (Å²) in [6.45, 7) is 9.72. The van der Waals surface area contributed by atoms with Crippen LogP contribution in [0.4, 0.5) is 0 Å². The Morgan fingerprint density at radius 2 is 2.04 bits per heavy atom. The molecule has 0 spiro atoms. The molecule has 3 atom stereocenters. The Bertz CT molecular complexity index is 896. The van der Waals surface area contributed by atoms with Crippen LogP contribution in [0.15, 0.2) is 23.0 Å². The fourth-order valence-corrected chi connectivity index (χ4v) is 4.70. The summed E-state index contributed by atoms with van der Waals surface area (Å²) in [7, 11) is 0. The number of ether oxygens (including phenoxy) is 1. The fraction of sp³-hybridized carbons (Fsp3) is 0.636. The molecule has 3 rings (SSSR count). The first-order valence-electron chi connectivity index (χ1n) is 10.5. The van der Waals surface area contributed by atoms with E-state index in [9.17, 15) is 9.59 Å². The zero-order valence-corrected chi connectivity index (χ0v) is 17.5. The molecule has 2 aromatic rings. The van der Waals surface area contributed by atoms with Crippen LogP contribution < -0.4 is 16.2 Å². The number of imidazole rings is 1. The smallest absolute Gasteiger partial charge is 0.336 e. The van der Waals surface area contributed by atoms with Gasteiger partial charge in [-0.05, 0) is 49.7 Å². The third-order valence-corrected chi connectivity index (χ3v) is 6.12. The fourth-order valence-electron chi connectivity index (χ4n) is 4.70. The third-order valence-electron chi connectivity index (χ3n) is 6.12. The molecular weight excluding hydrogens is 354 g/mol. The van der Waals surface area contributed by atoms with E-state index in [1.807, 2.05) is 25.1 Å². The van der Waals surface area contributed by atoms with E-state index >= 15 is 0 Å². The van der Waals surface area contributed by atoms with Gasteiger partial charge in [0.15, 0.2) is 0 Å². The Morgan fingerprint density at radius 3 is 2.68 bits per heavy atom. The summed E-state index contributed by atoms with van der Waals surface area (Å²) in [5.74, 6) is 1.73. The number of rotatable bonds is 6. The van der Waals surface area contributed by atoms with E-state index in [0.29, 0.717) is 54.2 Å². The predicted octanol–water partition coefficient (Wildman–Crippen LogP) is 3.51. The predicted molar refractivity (Wildman–Crippen MR) is 112 cm³/mol. The number of carbonyl (C=O) groups is 1. The van der Waals surface area contributed by atoms with Crippen LogP contribution in [0.2, 0.25) is 0 Å². The molecule has 0 aliphatic heterocycles. The highest BCUT2D eigenvalue weighted by Crippen LogP contribution is 2.39. The van der Waals surface area contributed by atoms with Gasteiger partial charge in [-0.2, -0.15) is 0 Å². The maximum Gasteiger partial charge on any atom is 0.336 e. The van der Waals surface area contributed by atoms with Gasteiger partial charge in [-0.3, -0.25) is 9.36 Å². The summed E-state index contributed by atoms with van der Waals surface area (Å²) in [6, 6.07) is 5.48. The molecular formula is C22H33N3O3. The first kappa shape index (κ1) is 20.6. The highest BCUT2D eigenvalue weighted by Gasteiger charge is 2.37. The standard InChI is InChI=1S/C22H33N3O3/c1-5-28-16-7-9-19-20(13-16)24(11-10-23)22(27)25(19)21(26)18-12-15(4)6-8-17(18)14(2)3/h7,9,13-15,17-18H,5-6,8,10-12,23H2,1-4H3/t15-,17+,18?/m1/s1. The minimum atomic E-state index is -0.292. The topological polar surface area (TPSA) is 79.2 Å². The summed E-state index contributed by atoms with van der Waals surface area (Å²) >= 11 is 0. The lowest BCUT2D eigenvalue weighted by Crippen LogP contribution is -2.40. The van der Waals surface area contributed by atoms with Gasteiger partial charge < -0.3 is 10.5 Å². The molecule has 1 aliphatic rings. The van der Waals surface area contributed by atoms with Crippen LogP contribution in [0.3, 0.4) is 0 Å². The SMILES string of the molecule is CCOc1ccc2c(c1)n(CCN)c(=O)n2C(=O)C1C[C@H](C)CC[C@H]1C(C)C. The molecule has 1 aromatic heterocycles. The molecule has 1 unspecified atom stereocenters. The number of nitrogens with two attached hydrogens (primary N) is 1. The molecule has 0 amide bonds. The summed E-state index contributed by atoms with van der Waals surface area (Å²) in [4.78, 5) is 26.8. The van der Waals surface area contributed by atoms with E-state index in [1.54, 1.807) is 4.57 Å². The Balaban J connectivity index is 2.12. The maximum absolute atomic E-state index is 13.6. The van der Waals surface area contributed by atoms with Crippen molar-refractivity contribution in [3.63, 3.8) is 0 Å². The van der Waals surface area contributed by atoms with E-state index in [0.717, 1.165) is 19.3 Å². The van der Waals surface area contributed by atoms with E-state index in [1.165, 1.54) is 4.57 Å². The van der Waals surface area contributed by atoms with Crippen molar-refractivity contribution in [2.45, 2.75) is 53.5 Å². The normalized spacial score (nSPS) is 22.7. The summed E-state index contributed by atoms with van der Waals surface area (Å²) in [5.41, 5.74) is 6.80. The minimum absolute atomic E-state index is 0.0693. The van der Waals surface area contributed by atoms with E-state index in [4.69, 9.17) is 10.5 Å². The zero-order valence-electron chi connectivity index (χ0n) is 17.5. The second-order valence-electron chi connectivity index (χ2n) is 8.41. The Kier molecular flexibility index (Phi) is 6.28. The largest absolute Gasteiger partial charge is 0.494 e. The molecule has 0 bridgehead atoms. The highest BCUT2D eigenvalue weighted by molar-refractivity contribution is 5.92. The molecule has 1 aliphatic carbocycles. The van der Waals surface area contributed by atoms with E-state index < -0.39 is 0 Å². The van der Waals surface area contributed by atoms with Crippen LogP contribution in [0, 0.1) is 23.7 Å². The number of fused-ring (bicyclic) bond motifs is 1. The zero-order chi connectivity index (χ0) is 20.4. The van der Waals surface area contributed by atoms with Crippen LogP contribution in [0.25, 0.3) is 11.0 Å². The average molecular weight is 388 g/mol. The molecule has 1 saturated carbocycles. The highest BCUT2D eigenvalue weighted by atomic mass is 16.5. The molecule has 6 nitrogen and oxygen atoms in total. The quantitative estimate of drug-likeness (QED) is 0.823. The first-order chi connectivity index (χ1) is 13.4. The van der Waals surface area contributed by atoms with Crippen molar-refractivity contribution >= 4 is 16.9 Å². The minimum Gasteiger partial charge on any atom is -0.494 e. The molecule has 154 valence electrons. The molecule has 6 heteroatoms. The first-order valence-corrected chi connectivity index (χ1v) is 10.5. The van der Waals surface area contributed by atoms with Gasteiger partial charge in [-0.15, -0.1) is 0 Å². The molecule has 0 radical (unpaired) electrons. The van der Waals surface area contributed by atoms with Crippen LogP contribution >= 0.6 is 0 Å². The van der Waals surface area contributed by atoms with E-state index in [-0.39, 0.29) is 17.5 Å². The van der Waals surface area contributed by atoms with Crippen molar-refractivity contribution in [3.05, 3.63) is 28.7 Å². The number of hydrogen-bond donors (Lipinski definition) is 1. The maximum atomic E-state index is 13.6. The monoisotopic (exact) mass is 387 g/mol. The van der Waals surface area contributed by atoms with Gasteiger partial charge in [-0.1, -0.05) is 27.2 Å². The van der Waals surface area contributed by atoms with Gasteiger partial charge in [0.25, 0.3) is 0 Å². The lowest BCUT2D eigenvalue weighted by atomic mass is 9.69. The Labute approximate surface area is 166 Å². The molecule has 0 saturated heterocycles. The molecule has 1 heterocycles. The number of aromatic nitrogens is 2. The van der Waals surface area contributed by atoms with Crippen molar-refractivity contribution in [1.29, 1.82) is 0 Å². The average Bonchev–Trinajstić information content (AvgIpc) is 2.93. The van der Waals surface area contributed by atoms with Crippen molar-refractivity contribution in [2.24, 2.45) is 29.4 Å². The number of benzene rings is 1. The van der Waals surface area contributed by atoms with Crippen LogP contribution in [-0.4, -0.2) is 28.2 Å². The Hall–Kier alpha value is -2.08. The summed E-state index contributed by atoms with van der Waals surface area (Å²) in [5, 5.41) is 0. The van der Waals surface area contributed by atoms with Gasteiger partial charge >= 0.3 is 5.69 Å². The van der Waals surface area contributed by atoms with Gasteiger partial charge in [0.05, 0.1) is 17.6 Å². The van der Waals surface area contributed by atoms with Gasteiger partial charge in [0.1, 0.15) is 5.75 Å². The summed E-state index contributed by atoms with van der Waals surface area (Å²) < 4.78 is 8.59. The second kappa shape index (κ2) is 8.52. The van der Waals surface area contributed by atoms with Crippen LogP contribution in [0.5, 0.6) is 5.75 Å². The van der Waals surface area contributed by atoms with Gasteiger partial charge in [-0.25, -0.2) is 9.36 Å². The lowest BCUT2D eigenvalue weighted by Gasteiger charge is -2.36. The van der Waals surface area contributed by atoms with Gasteiger partial charge in [0, 0.05) is 25.1 Å². The van der Waals surface area contributed by atoms with E-state index in [2.05, 4.69) is 20.8 Å². The number of hydrogen-bond acceptors (Lipinski definition) is 4.